The molecule has 1 aliphatic heterocycles. The minimum absolute atomic E-state index is 0.0606. The summed E-state index contributed by atoms with van der Waals surface area (Å²) in [6.07, 6.45) is 2.34. The number of likely N-dealkylation sites (tertiary alicyclic amines) is 1. The summed E-state index contributed by atoms with van der Waals surface area (Å²) < 4.78 is 11.5. The van der Waals surface area contributed by atoms with Gasteiger partial charge < -0.3 is 19.7 Å². The maximum atomic E-state index is 12.1. The fourth-order valence-electron chi connectivity index (χ4n) is 2.96. The van der Waals surface area contributed by atoms with Crippen molar-refractivity contribution < 1.29 is 14.3 Å². The van der Waals surface area contributed by atoms with Crippen LogP contribution in [0.15, 0.2) is 42.5 Å². The Hall–Kier alpha value is -2.24. The van der Waals surface area contributed by atoms with Gasteiger partial charge in [-0.1, -0.05) is 11.6 Å². The molecule has 3 rings (SSSR count). The van der Waals surface area contributed by atoms with Crippen LogP contribution in [0.3, 0.4) is 0 Å². The molecule has 0 radical (unpaired) electrons. The van der Waals surface area contributed by atoms with Gasteiger partial charge in [0, 0.05) is 23.8 Å². The highest BCUT2D eigenvalue weighted by Crippen LogP contribution is 2.22. The van der Waals surface area contributed by atoms with Gasteiger partial charge in [0.25, 0.3) is 5.91 Å². The first-order valence-corrected chi connectivity index (χ1v) is 9.51. The third kappa shape index (κ3) is 5.88. The molecule has 144 valence electrons. The maximum absolute atomic E-state index is 12.1. The van der Waals surface area contributed by atoms with Crippen LogP contribution in [0.25, 0.3) is 0 Å². The van der Waals surface area contributed by atoms with E-state index in [0.717, 1.165) is 37.2 Å². The summed E-state index contributed by atoms with van der Waals surface area (Å²) in [4.78, 5) is 14.4. The van der Waals surface area contributed by atoms with Crippen molar-refractivity contribution >= 4 is 23.2 Å². The van der Waals surface area contributed by atoms with Gasteiger partial charge in [0.2, 0.25) is 0 Å². The number of nitrogens with one attached hydrogen (secondary N) is 1. The lowest BCUT2D eigenvalue weighted by molar-refractivity contribution is -0.118. The Balaban J connectivity index is 1.46. The summed E-state index contributed by atoms with van der Waals surface area (Å²) in [6, 6.07) is 12.8. The Morgan fingerprint density at radius 1 is 1.15 bits per heavy atom. The lowest BCUT2D eigenvalue weighted by Crippen LogP contribution is -2.35. The van der Waals surface area contributed by atoms with Crippen molar-refractivity contribution in [3.63, 3.8) is 0 Å². The first-order valence-electron chi connectivity index (χ1n) is 9.13. The number of hydrogen-bond acceptors (Lipinski definition) is 4. The van der Waals surface area contributed by atoms with Gasteiger partial charge >= 0.3 is 0 Å². The monoisotopic (exact) mass is 388 g/mol. The fraction of sp³-hybridized carbons (Fsp3) is 0.381. The van der Waals surface area contributed by atoms with E-state index >= 15 is 0 Å². The topological polar surface area (TPSA) is 50.8 Å². The largest absolute Gasteiger partial charge is 0.490 e. The van der Waals surface area contributed by atoms with Crippen molar-refractivity contribution in [1.29, 1.82) is 0 Å². The van der Waals surface area contributed by atoms with Crippen molar-refractivity contribution in [3.8, 4) is 11.5 Å². The van der Waals surface area contributed by atoms with Crippen LogP contribution in [0.4, 0.5) is 5.69 Å². The molecule has 1 aliphatic rings. The molecule has 0 saturated carbocycles. The summed E-state index contributed by atoms with van der Waals surface area (Å²) in [5, 5.41) is 3.50. The predicted octanol–water partition coefficient (Wildman–Crippen LogP) is 4.14. The molecule has 1 fully saturated rings. The SMILES string of the molecule is Cc1cc(OCC(=O)Nc2ccc(OC3CCN(C)CC3)cc2)ccc1Cl. The number of hydrogen-bond donors (Lipinski definition) is 1. The standard InChI is InChI=1S/C21H25ClN2O3/c1-15-13-19(7-8-20(15)22)26-14-21(25)23-16-3-5-17(6-4-16)27-18-9-11-24(2)12-10-18/h3-8,13,18H,9-12,14H2,1-2H3,(H,23,25). The van der Waals surface area contributed by atoms with Gasteiger partial charge in [-0.25, -0.2) is 0 Å². The normalized spacial score (nSPS) is 15.4. The second-order valence-corrected chi connectivity index (χ2v) is 7.30. The number of piperidine rings is 1. The number of ether oxygens (including phenoxy) is 2. The van der Waals surface area contributed by atoms with Gasteiger partial charge in [-0.15, -0.1) is 0 Å². The molecular weight excluding hydrogens is 364 g/mol. The third-order valence-electron chi connectivity index (χ3n) is 4.61. The summed E-state index contributed by atoms with van der Waals surface area (Å²) in [7, 11) is 2.13. The Labute approximate surface area is 165 Å². The molecule has 0 aromatic heterocycles. The minimum Gasteiger partial charge on any atom is -0.490 e. The van der Waals surface area contributed by atoms with E-state index in [-0.39, 0.29) is 18.6 Å². The van der Waals surface area contributed by atoms with Crippen LogP contribution < -0.4 is 14.8 Å². The summed E-state index contributed by atoms with van der Waals surface area (Å²) in [5.74, 6) is 1.23. The average Bonchev–Trinajstić information content (AvgIpc) is 2.66. The molecule has 0 spiro atoms. The number of carbonyl (C=O) groups is 1. The third-order valence-corrected chi connectivity index (χ3v) is 5.03. The van der Waals surface area contributed by atoms with E-state index in [2.05, 4.69) is 17.3 Å². The molecular formula is C21H25ClN2O3. The molecule has 0 atom stereocenters. The quantitative estimate of drug-likeness (QED) is 0.808. The first kappa shape index (κ1) is 19.5. The van der Waals surface area contributed by atoms with Crippen LogP contribution >= 0.6 is 11.6 Å². The second-order valence-electron chi connectivity index (χ2n) is 6.89. The van der Waals surface area contributed by atoms with E-state index in [1.54, 1.807) is 12.1 Å². The number of anilines is 1. The van der Waals surface area contributed by atoms with Gasteiger partial charge in [-0.05, 0) is 74.8 Å². The van der Waals surface area contributed by atoms with E-state index in [0.29, 0.717) is 16.5 Å². The van der Waals surface area contributed by atoms with Gasteiger partial charge in [-0.3, -0.25) is 4.79 Å². The lowest BCUT2D eigenvalue weighted by Gasteiger charge is -2.29. The molecule has 6 heteroatoms. The number of rotatable bonds is 6. The van der Waals surface area contributed by atoms with E-state index in [9.17, 15) is 4.79 Å². The van der Waals surface area contributed by atoms with E-state index in [4.69, 9.17) is 21.1 Å². The van der Waals surface area contributed by atoms with Crippen LogP contribution in [0, 0.1) is 6.92 Å². The molecule has 27 heavy (non-hydrogen) atoms. The molecule has 5 nitrogen and oxygen atoms in total. The zero-order valence-corrected chi connectivity index (χ0v) is 16.5. The summed E-state index contributed by atoms with van der Waals surface area (Å²) >= 11 is 5.98. The van der Waals surface area contributed by atoms with Crippen molar-refractivity contribution in [1.82, 2.24) is 4.90 Å². The Morgan fingerprint density at radius 2 is 1.81 bits per heavy atom. The molecule has 0 aliphatic carbocycles. The Bertz CT molecular complexity index is 771. The van der Waals surface area contributed by atoms with Crippen molar-refractivity contribution in [2.75, 3.05) is 32.1 Å². The van der Waals surface area contributed by atoms with Crippen molar-refractivity contribution in [3.05, 3.63) is 53.1 Å². The van der Waals surface area contributed by atoms with Crippen LogP contribution in [-0.4, -0.2) is 43.7 Å². The van der Waals surface area contributed by atoms with Crippen molar-refractivity contribution in [2.45, 2.75) is 25.9 Å². The number of aryl methyl sites for hydroxylation is 1. The van der Waals surface area contributed by atoms with Crippen LogP contribution in [0.5, 0.6) is 11.5 Å². The number of nitrogens with zero attached hydrogens (tertiary/aromatic N) is 1. The minimum atomic E-state index is -0.216. The van der Waals surface area contributed by atoms with Gasteiger partial charge in [0.05, 0.1) is 0 Å². The molecule has 1 heterocycles. The number of carbonyl (C=O) groups excluding carboxylic acids is 1. The number of benzene rings is 2. The molecule has 2 aromatic rings. The maximum Gasteiger partial charge on any atom is 0.262 e. The molecule has 1 N–H and O–H groups in total. The van der Waals surface area contributed by atoms with E-state index < -0.39 is 0 Å². The highest BCUT2D eigenvalue weighted by atomic mass is 35.5. The summed E-state index contributed by atoms with van der Waals surface area (Å²) in [5.41, 5.74) is 1.63. The summed E-state index contributed by atoms with van der Waals surface area (Å²) in [6.45, 7) is 3.96. The zero-order chi connectivity index (χ0) is 19.2. The molecule has 1 amide bonds. The number of amides is 1. The van der Waals surface area contributed by atoms with Gasteiger partial charge in [0.1, 0.15) is 17.6 Å². The lowest BCUT2D eigenvalue weighted by atomic mass is 10.1. The van der Waals surface area contributed by atoms with Crippen molar-refractivity contribution in [2.24, 2.45) is 0 Å². The molecule has 0 unspecified atom stereocenters. The zero-order valence-electron chi connectivity index (χ0n) is 15.7. The predicted molar refractivity (Wildman–Crippen MR) is 108 cm³/mol. The molecule has 1 saturated heterocycles. The van der Waals surface area contributed by atoms with E-state index in [1.807, 2.05) is 37.3 Å². The van der Waals surface area contributed by atoms with Crippen LogP contribution in [0.1, 0.15) is 18.4 Å². The number of halogens is 1. The smallest absolute Gasteiger partial charge is 0.262 e. The highest BCUT2D eigenvalue weighted by Gasteiger charge is 2.17. The van der Waals surface area contributed by atoms with Crippen LogP contribution in [0.2, 0.25) is 5.02 Å². The average molecular weight is 389 g/mol. The van der Waals surface area contributed by atoms with Gasteiger partial charge in [0.15, 0.2) is 6.61 Å². The first-order chi connectivity index (χ1) is 13.0. The second kappa shape index (κ2) is 9.11. The highest BCUT2D eigenvalue weighted by molar-refractivity contribution is 6.31. The Kier molecular flexibility index (Phi) is 6.58. The Morgan fingerprint density at radius 3 is 2.48 bits per heavy atom. The van der Waals surface area contributed by atoms with E-state index in [1.165, 1.54) is 0 Å². The van der Waals surface area contributed by atoms with Gasteiger partial charge in [-0.2, -0.15) is 0 Å². The fourth-order valence-corrected chi connectivity index (χ4v) is 3.08. The molecule has 0 bridgehead atoms. The van der Waals surface area contributed by atoms with Crippen LogP contribution in [-0.2, 0) is 4.79 Å². The molecule has 2 aromatic carbocycles.